The molecular weight excluding hydrogens is 288 g/mol. The Morgan fingerprint density at radius 1 is 1.43 bits per heavy atom. The van der Waals surface area contributed by atoms with Crippen LogP contribution in [0.5, 0.6) is 0 Å². The number of nitrogen functional groups attached to an aromatic ring is 1. The van der Waals surface area contributed by atoms with Crippen molar-refractivity contribution in [2.75, 3.05) is 11.5 Å². The van der Waals surface area contributed by atoms with Gasteiger partial charge in [-0.2, -0.15) is 16.7 Å². The summed E-state index contributed by atoms with van der Waals surface area (Å²) < 4.78 is 5.34. The van der Waals surface area contributed by atoms with Gasteiger partial charge in [0.25, 0.3) is 0 Å². The number of thioether (sulfide) groups is 1. The highest BCUT2D eigenvalue weighted by Gasteiger charge is 2.23. The molecule has 1 aliphatic rings. The van der Waals surface area contributed by atoms with Crippen molar-refractivity contribution in [3.8, 4) is 0 Å². The van der Waals surface area contributed by atoms with Gasteiger partial charge in [0.1, 0.15) is 0 Å². The molecule has 0 radical (unpaired) electrons. The van der Waals surface area contributed by atoms with Crippen LogP contribution in [-0.2, 0) is 19.6 Å². The average molecular weight is 306 g/mol. The van der Waals surface area contributed by atoms with Crippen molar-refractivity contribution in [1.29, 1.82) is 0 Å². The third-order valence-electron chi connectivity index (χ3n) is 3.36. The molecule has 3 rings (SSSR count). The molecule has 0 aliphatic carbocycles. The first-order chi connectivity index (χ1) is 10.2. The number of nitrogens with zero attached hydrogens (tertiary/aromatic N) is 5. The van der Waals surface area contributed by atoms with E-state index in [-0.39, 0.29) is 5.25 Å². The zero-order valence-electron chi connectivity index (χ0n) is 12.1. The van der Waals surface area contributed by atoms with Gasteiger partial charge < -0.3 is 10.3 Å². The van der Waals surface area contributed by atoms with Gasteiger partial charge in [-0.15, -0.1) is 0 Å². The predicted octanol–water partition coefficient (Wildman–Crippen LogP) is 1.77. The summed E-state index contributed by atoms with van der Waals surface area (Å²) in [5, 5.41) is 4.32. The first kappa shape index (κ1) is 14.3. The standard InChI is InChI=1S/C13H18N6OS/c1-3-21-8(2)12-17-11(20-18-12)7-19-5-9-4-15-13(14)16-10(9)6-19/h4,8H,3,5-7H2,1-2H3,(H2,14,15,16). The van der Waals surface area contributed by atoms with Crippen LogP contribution in [0.15, 0.2) is 10.7 Å². The fourth-order valence-corrected chi connectivity index (χ4v) is 3.10. The monoisotopic (exact) mass is 306 g/mol. The molecule has 0 saturated heterocycles. The van der Waals surface area contributed by atoms with Gasteiger partial charge in [-0.05, 0) is 12.7 Å². The molecule has 7 nitrogen and oxygen atoms in total. The zero-order valence-corrected chi connectivity index (χ0v) is 12.9. The Morgan fingerprint density at radius 3 is 3.10 bits per heavy atom. The molecular formula is C13H18N6OS. The van der Waals surface area contributed by atoms with Crippen molar-refractivity contribution in [3.05, 3.63) is 29.2 Å². The molecule has 3 heterocycles. The van der Waals surface area contributed by atoms with Crippen LogP contribution < -0.4 is 5.73 Å². The van der Waals surface area contributed by atoms with Crippen molar-refractivity contribution in [2.45, 2.75) is 38.7 Å². The van der Waals surface area contributed by atoms with Crippen LogP contribution in [0.2, 0.25) is 0 Å². The SMILES string of the molecule is CCSC(C)c1noc(CN2Cc3cnc(N)nc3C2)n1. The molecule has 8 heteroatoms. The van der Waals surface area contributed by atoms with E-state index in [1.807, 2.05) is 0 Å². The van der Waals surface area contributed by atoms with Crippen LogP contribution >= 0.6 is 11.8 Å². The lowest BCUT2D eigenvalue weighted by Crippen LogP contribution is -2.16. The van der Waals surface area contributed by atoms with E-state index in [0.717, 1.165) is 35.9 Å². The molecule has 0 aromatic carbocycles. The third-order valence-corrected chi connectivity index (χ3v) is 4.41. The van der Waals surface area contributed by atoms with Gasteiger partial charge in [0, 0.05) is 24.8 Å². The fraction of sp³-hybridized carbons (Fsp3) is 0.538. The predicted molar refractivity (Wildman–Crippen MR) is 80.2 cm³/mol. The second kappa shape index (κ2) is 5.98. The fourth-order valence-electron chi connectivity index (χ4n) is 2.36. The molecule has 1 atom stereocenters. The van der Waals surface area contributed by atoms with Crippen molar-refractivity contribution in [1.82, 2.24) is 25.0 Å². The highest BCUT2D eigenvalue weighted by molar-refractivity contribution is 7.99. The van der Waals surface area contributed by atoms with E-state index in [9.17, 15) is 0 Å². The molecule has 2 aromatic heterocycles. The summed E-state index contributed by atoms with van der Waals surface area (Å²) in [6, 6.07) is 0. The second-order valence-electron chi connectivity index (χ2n) is 4.99. The number of anilines is 1. The van der Waals surface area contributed by atoms with Gasteiger partial charge in [0.05, 0.1) is 17.5 Å². The largest absolute Gasteiger partial charge is 0.368 e. The molecule has 0 saturated carbocycles. The normalized spacial score (nSPS) is 16.1. The lowest BCUT2D eigenvalue weighted by atomic mass is 10.3. The van der Waals surface area contributed by atoms with Crippen LogP contribution in [0.1, 0.15) is 42.1 Å². The van der Waals surface area contributed by atoms with E-state index < -0.39 is 0 Å². The highest BCUT2D eigenvalue weighted by Crippen LogP contribution is 2.26. The Kier molecular flexibility index (Phi) is 4.07. The average Bonchev–Trinajstić information content (AvgIpc) is 3.05. The summed E-state index contributed by atoms with van der Waals surface area (Å²) >= 11 is 1.80. The Bertz CT molecular complexity index is 631. The summed E-state index contributed by atoms with van der Waals surface area (Å²) in [6.07, 6.45) is 1.79. The maximum absolute atomic E-state index is 5.61. The molecule has 21 heavy (non-hydrogen) atoms. The zero-order chi connectivity index (χ0) is 14.8. The molecule has 0 fully saturated rings. The van der Waals surface area contributed by atoms with Gasteiger partial charge in [-0.1, -0.05) is 12.1 Å². The Balaban J connectivity index is 1.64. The van der Waals surface area contributed by atoms with Gasteiger partial charge in [-0.25, -0.2) is 9.97 Å². The second-order valence-corrected chi connectivity index (χ2v) is 6.61. The van der Waals surface area contributed by atoms with Gasteiger partial charge in [0.15, 0.2) is 5.82 Å². The minimum Gasteiger partial charge on any atom is -0.368 e. The smallest absolute Gasteiger partial charge is 0.240 e. The van der Waals surface area contributed by atoms with E-state index in [1.165, 1.54) is 0 Å². The van der Waals surface area contributed by atoms with Gasteiger partial charge in [-0.3, -0.25) is 4.90 Å². The minimum absolute atomic E-state index is 0.258. The van der Waals surface area contributed by atoms with Crippen LogP contribution in [0, 0.1) is 0 Å². The van der Waals surface area contributed by atoms with Gasteiger partial charge in [0.2, 0.25) is 11.8 Å². The van der Waals surface area contributed by atoms with Crippen molar-refractivity contribution < 1.29 is 4.52 Å². The first-order valence-corrected chi connectivity index (χ1v) is 7.97. The van der Waals surface area contributed by atoms with Crippen LogP contribution in [-0.4, -0.2) is 30.8 Å². The van der Waals surface area contributed by atoms with Crippen molar-refractivity contribution >= 4 is 17.7 Å². The Hall–Kier alpha value is -1.67. The summed E-state index contributed by atoms with van der Waals surface area (Å²) in [6.45, 7) is 6.35. The number of nitrogens with two attached hydrogens (primary N) is 1. The van der Waals surface area contributed by atoms with Gasteiger partial charge >= 0.3 is 0 Å². The Labute approximate surface area is 127 Å². The summed E-state index contributed by atoms with van der Waals surface area (Å²) in [4.78, 5) is 14.9. The topological polar surface area (TPSA) is 94.0 Å². The van der Waals surface area contributed by atoms with Crippen LogP contribution in [0.3, 0.4) is 0 Å². The number of hydrogen-bond acceptors (Lipinski definition) is 8. The molecule has 1 unspecified atom stereocenters. The lowest BCUT2D eigenvalue weighted by Gasteiger charge is -2.10. The highest BCUT2D eigenvalue weighted by atomic mass is 32.2. The van der Waals surface area contributed by atoms with E-state index in [0.29, 0.717) is 18.4 Å². The third kappa shape index (κ3) is 3.16. The lowest BCUT2D eigenvalue weighted by molar-refractivity contribution is 0.230. The molecule has 0 spiro atoms. The minimum atomic E-state index is 0.258. The van der Waals surface area contributed by atoms with Crippen LogP contribution in [0.4, 0.5) is 5.95 Å². The number of aromatic nitrogens is 4. The molecule has 0 amide bonds. The van der Waals surface area contributed by atoms with Crippen LogP contribution in [0.25, 0.3) is 0 Å². The van der Waals surface area contributed by atoms with E-state index in [1.54, 1.807) is 18.0 Å². The number of hydrogen-bond donors (Lipinski definition) is 1. The molecule has 112 valence electrons. The van der Waals surface area contributed by atoms with E-state index in [4.69, 9.17) is 10.3 Å². The van der Waals surface area contributed by atoms with E-state index >= 15 is 0 Å². The maximum Gasteiger partial charge on any atom is 0.240 e. The summed E-state index contributed by atoms with van der Waals surface area (Å²) in [5.74, 6) is 2.76. The van der Waals surface area contributed by atoms with E-state index in [2.05, 4.69) is 38.9 Å². The number of rotatable bonds is 5. The quantitative estimate of drug-likeness (QED) is 0.893. The Morgan fingerprint density at radius 2 is 2.29 bits per heavy atom. The maximum atomic E-state index is 5.61. The number of fused-ring (bicyclic) bond motifs is 1. The molecule has 2 aromatic rings. The molecule has 1 aliphatic heterocycles. The van der Waals surface area contributed by atoms with Crippen molar-refractivity contribution in [3.63, 3.8) is 0 Å². The first-order valence-electron chi connectivity index (χ1n) is 6.92. The van der Waals surface area contributed by atoms with Crippen molar-refractivity contribution in [2.24, 2.45) is 0 Å². The summed E-state index contributed by atoms with van der Waals surface area (Å²) in [5.41, 5.74) is 7.70. The molecule has 2 N–H and O–H groups in total. The summed E-state index contributed by atoms with van der Waals surface area (Å²) in [7, 11) is 0. The molecule has 0 bridgehead atoms.